The lowest BCUT2D eigenvalue weighted by atomic mass is 9.82. The highest BCUT2D eigenvalue weighted by atomic mass is 16.7. The van der Waals surface area contributed by atoms with Crippen molar-refractivity contribution in [1.82, 2.24) is 20.6 Å². The van der Waals surface area contributed by atoms with Crippen LogP contribution in [-0.4, -0.2) is 112 Å². The van der Waals surface area contributed by atoms with E-state index in [4.69, 9.17) is 32.4 Å². The number of nitrogens with one attached hydrogen (secondary N) is 3. The summed E-state index contributed by atoms with van der Waals surface area (Å²) in [5.74, 6) is -0.254. The molecule has 1 saturated heterocycles. The van der Waals surface area contributed by atoms with Crippen LogP contribution in [0.1, 0.15) is 29.8 Å². The lowest BCUT2D eigenvalue weighted by Gasteiger charge is -2.47. The number of amides is 1. The number of pyridine rings is 1. The van der Waals surface area contributed by atoms with Crippen LogP contribution in [0, 0.1) is 0 Å². The first-order valence-electron chi connectivity index (χ1n) is 14.4. The maximum atomic E-state index is 12.7. The van der Waals surface area contributed by atoms with Gasteiger partial charge in [0.2, 0.25) is 0 Å². The summed E-state index contributed by atoms with van der Waals surface area (Å²) in [5, 5.41) is 39.5. The Morgan fingerprint density at radius 3 is 2.57 bits per heavy atom. The lowest BCUT2D eigenvalue weighted by molar-refractivity contribution is -0.279. The number of hydrogen-bond acceptors (Lipinski definition) is 12. The third kappa shape index (κ3) is 6.28. The van der Waals surface area contributed by atoms with E-state index in [1.165, 1.54) is 0 Å². The molecule has 5 rings (SSSR count). The first-order chi connectivity index (χ1) is 20.2. The summed E-state index contributed by atoms with van der Waals surface area (Å²) in [4.78, 5) is 20.4. The van der Waals surface area contributed by atoms with Crippen LogP contribution >= 0.6 is 0 Å². The monoisotopic (exact) mass is 586 g/mol. The van der Waals surface area contributed by atoms with Crippen molar-refractivity contribution in [1.29, 1.82) is 0 Å². The third-order valence-corrected chi connectivity index (χ3v) is 8.29. The van der Waals surface area contributed by atoms with Crippen LogP contribution in [-0.2, 0) is 9.47 Å². The number of fused-ring (bicyclic) bond motifs is 3. The van der Waals surface area contributed by atoms with E-state index in [1.807, 2.05) is 24.3 Å². The number of aromatic amines is 1. The normalized spacial score (nSPS) is 33.7. The summed E-state index contributed by atoms with van der Waals surface area (Å²) in [6.07, 6.45) is -2.87. The zero-order valence-electron chi connectivity index (χ0n) is 23.3. The van der Waals surface area contributed by atoms with Crippen LogP contribution in [0.5, 0.6) is 0 Å². The second-order valence-corrected chi connectivity index (χ2v) is 11.2. The van der Waals surface area contributed by atoms with E-state index in [9.17, 15) is 20.1 Å². The fourth-order valence-electron chi connectivity index (χ4n) is 5.85. The van der Waals surface area contributed by atoms with Crippen molar-refractivity contribution in [3.05, 3.63) is 42.2 Å². The van der Waals surface area contributed by atoms with Gasteiger partial charge in [-0.05, 0) is 37.9 Å². The number of aliphatic hydroxyl groups is 3. The molecule has 3 aromatic rings. The number of para-hydroxylation sites is 1. The van der Waals surface area contributed by atoms with Gasteiger partial charge in [-0.1, -0.05) is 18.2 Å². The quantitative estimate of drug-likeness (QED) is 0.113. The fourth-order valence-corrected chi connectivity index (χ4v) is 5.85. The number of aliphatic hydroxyl groups excluding tert-OH is 3. The zero-order valence-corrected chi connectivity index (χ0v) is 23.3. The summed E-state index contributed by atoms with van der Waals surface area (Å²) in [6, 6.07) is 6.89. The predicted molar refractivity (Wildman–Crippen MR) is 156 cm³/mol. The van der Waals surface area contributed by atoms with Gasteiger partial charge in [-0.15, -0.1) is 0 Å². The molecule has 0 bridgehead atoms. The highest BCUT2D eigenvalue weighted by Gasteiger charge is 2.48. The molecule has 1 aliphatic carbocycles. The summed E-state index contributed by atoms with van der Waals surface area (Å²) in [7, 11) is 0. The van der Waals surface area contributed by atoms with Crippen molar-refractivity contribution in [3.63, 3.8) is 0 Å². The van der Waals surface area contributed by atoms with Crippen LogP contribution in [0.4, 0.5) is 0 Å². The Labute approximate surface area is 243 Å². The van der Waals surface area contributed by atoms with E-state index in [1.54, 1.807) is 12.3 Å². The second kappa shape index (κ2) is 13.3. The number of carbonyl (C=O) groups excluding carboxylic acids is 1. The molecule has 1 aliphatic heterocycles. The molecule has 2 aliphatic rings. The number of nitrogens with zero attached hydrogens (tertiary/aromatic N) is 1. The van der Waals surface area contributed by atoms with Gasteiger partial charge in [-0.25, -0.2) is 4.98 Å². The number of unbranched alkanes of at least 4 members (excludes halogenated alkanes) is 1. The SMILES string of the molecule is NC[C@H]1O[C@@H](O[C@@H]2[C@@H](NCCCCNC(=O)c3cc4c(cn3)[nH]c3ccccc34)[C@@H](O)[C@H](N)C[C@@H]2N)[C@H](N)[C@@H](O)[C@@H]1O. The number of H-pyrrole nitrogens is 1. The second-order valence-electron chi connectivity index (χ2n) is 11.2. The molecule has 0 spiro atoms. The number of nitrogens with two attached hydrogens (primary N) is 4. The average Bonchev–Trinajstić information content (AvgIpc) is 3.36. The number of hydrogen-bond donors (Lipinski definition) is 10. The molecular weight excluding hydrogens is 544 g/mol. The standard InChI is InChI=1S/C28H42N8O6/c29-11-20-24(38)25(39)21(32)28(41-20)42-26-16(31)10-15(30)23(37)22(26)33-7-3-4-8-34-27(40)18-9-14-13-5-1-2-6-17(13)36-19(14)12-35-18/h1-2,5-6,9,12,15-16,20-26,28,33,36-39H,3-4,7-8,10-11,29-32H2,(H,34,40)/t15-,16+,20-,21-,22+,23+,24-,25-,26+,28+/m1/s1. The van der Waals surface area contributed by atoms with Gasteiger partial charge in [0.25, 0.3) is 5.91 Å². The first-order valence-corrected chi connectivity index (χ1v) is 14.4. The van der Waals surface area contributed by atoms with Crippen molar-refractivity contribution in [2.45, 2.75) is 80.2 Å². The summed E-state index contributed by atoms with van der Waals surface area (Å²) < 4.78 is 11.8. The molecule has 230 valence electrons. The Bertz CT molecular complexity index is 1360. The molecule has 42 heavy (non-hydrogen) atoms. The van der Waals surface area contributed by atoms with Crippen LogP contribution < -0.4 is 33.6 Å². The fraction of sp³-hybridized carbons (Fsp3) is 0.571. The highest BCUT2D eigenvalue weighted by molar-refractivity contribution is 6.09. The maximum Gasteiger partial charge on any atom is 0.269 e. The number of benzene rings is 1. The molecule has 0 unspecified atom stereocenters. The average molecular weight is 587 g/mol. The minimum Gasteiger partial charge on any atom is -0.390 e. The third-order valence-electron chi connectivity index (χ3n) is 8.29. The molecule has 1 saturated carbocycles. The molecule has 1 aromatic carbocycles. The predicted octanol–water partition coefficient (Wildman–Crippen LogP) is -2.28. The van der Waals surface area contributed by atoms with Crippen LogP contribution in [0.3, 0.4) is 0 Å². The molecule has 0 radical (unpaired) electrons. The van der Waals surface area contributed by atoms with Gasteiger partial charge in [0.05, 0.1) is 36.0 Å². The topological polar surface area (TPSA) is 253 Å². The van der Waals surface area contributed by atoms with E-state index in [0.29, 0.717) is 38.0 Å². The van der Waals surface area contributed by atoms with E-state index >= 15 is 0 Å². The van der Waals surface area contributed by atoms with Crippen molar-refractivity contribution < 1.29 is 29.6 Å². The van der Waals surface area contributed by atoms with Gasteiger partial charge in [-0.2, -0.15) is 0 Å². The van der Waals surface area contributed by atoms with Gasteiger partial charge in [0.1, 0.15) is 24.0 Å². The van der Waals surface area contributed by atoms with Crippen LogP contribution in [0.25, 0.3) is 21.8 Å². The summed E-state index contributed by atoms with van der Waals surface area (Å²) in [6.45, 7) is 0.882. The number of rotatable bonds is 10. The van der Waals surface area contributed by atoms with E-state index in [0.717, 1.165) is 21.8 Å². The highest BCUT2D eigenvalue weighted by Crippen LogP contribution is 2.28. The molecule has 14 heteroatoms. The van der Waals surface area contributed by atoms with E-state index < -0.39 is 61.0 Å². The van der Waals surface area contributed by atoms with Gasteiger partial charge >= 0.3 is 0 Å². The molecule has 14 N–H and O–H groups in total. The van der Waals surface area contributed by atoms with Gasteiger partial charge in [0.15, 0.2) is 6.29 Å². The Hall–Kier alpha value is -2.76. The molecule has 14 nitrogen and oxygen atoms in total. The largest absolute Gasteiger partial charge is 0.390 e. The molecule has 10 atom stereocenters. The molecular formula is C28H42N8O6. The van der Waals surface area contributed by atoms with Crippen molar-refractivity contribution in [3.8, 4) is 0 Å². The zero-order chi connectivity index (χ0) is 30.0. The lowest BCUT2D eigenvalue weighted by Crippen LogP contribution is -2.69. The molecule has 2 aromatic heterocycles. The molecule has 1 amide bonds. The minimum absolute atomic E-state index is 0.0407. The Morgan fingerprint density at radius 1 is 1.02 bits per heavy atom. The van der Waals surface area contributed by atoms with Gasteiger partial charge in [-0.3, -0.25) is 4.79 Å². The number of aromatic nitrogens is 2. The summed E-state index contributed by atoms with van der Waals surface area (Å²) in [5.41, 5.74) is 26.5. The molecule has 2 fully saturated rings. The summed E-state index contributed by atoms with van der Waals surface area (Å²) >= 11 is 0. The van der Waals surface area contributed by atoms with Crippen molar-refractivity contribution in [2.24, 2.45) is 22.9 Å². The first kappa shape index (κ1) is 30.7. The number of ether oxygens (including phenoxy) is 2. The maximum absolute atomic E-state index is 12.7. The van der Waals surface area contributed by atoms with Crippen LogP contribution in [0.2, 0.25) is 0 Å². The van der Waals surface area contributed by atoms with Crippen molar-refractivity contribution >= 4 is 27.7 Å². The van der Waals surface area contributed by atoms with E-state index in [2.05, 4.69) is 20.6 Å². The van der Waals surface area contributed by atoms with Crippen LogP contribution in [0.15, 0.2) is 36.5 Å². The van der Waals surface area contributed by atoms with Crippen molar-refractivity contribution in [2.75, 3.05) is 19.6 Å². The Balaban J connectivity index is 1.13. The number of carbonyl (C=O) groups is 1. The molecule has 3 heterocycles. The Kier molecular flexibility index (Phi) is 9.69. The smallest absolute Gasteiger partial charge is 0.269 e. The Morgan fingerprint density at radius 2 is 1.79 bits per heavy atom. The van der Waals surface area contributed by atoms with Gasteiger partial charge in [0, 0.05) is 41.5 Å². The van der Waals surface area contributed by atoms with Gasteiger partial charge < -0.3 is 63.3 Å². The minimum atomic E-state index is -1.30. The van der Waals surface area contributed by atoms with E-state index in [-0.39, 0.29) is 12.5 Å².